The number of benzene rings is 3. The summed E-state index contributed by atoms with van der Waals surface area (Å²) in [6, 6.07) is 25.5. The summed E-state index contributed by atoms with van der Waals surface area (Å²) in [5, 5.41) is 2.98. The van der Waals surface area contributed by atoms with Gasteiger partial charge in [-0.2, -0.15) is 0 Å². The minimum absolute atomic E-state index is 0.102. The first-order chi connectivity index (χ1) is 13.7. The van der Waals surface area contributed by atoms with Gasteiger partial charge in [0.2, 0.25) is 11.9 Å². The molecule has 1 heterocycles. The molecular weight excluding hydrogens is 350 g/mol. The summed E-state index contributed by atoms with van der Waals surface area (Å²) in [6.07, 6.45) is 0.276. The minimum Gasteiger partial charge on any atom is -0.497 e. The van der Waals surface area contributed by atoms with Gasteiger partial charge in [0, 0.05) is 0 Å². The third-order valence-electron chi connectivity index (χ3n) is 4.61. The highest BCUT2D eigenvalue weighted by atomic mass is 16.5. The second-order valence-electron chi connectivity index (χ2n) is 6.57. The molecule has 1 amide bonds. The predicted octanol–water partition coefficient (Wildman–Crippen LogP) is 4.27. The van der Waals surface area contributed by atoms with Crippen molar-refractivity contribution >= 4 is 22.9 Å². The summed E-state index contributed by atoms with van der Waals surface area (Å²) >= 11 is 0. The van der Waals surface area contributed by atoms with E-state index >= 15 is 0 Å². The molecule has 0 unspecified atom stereocenters. The molecule has 5 nitrogen and oxygen atoms in total. The van der Waals surface area contributed by atoms with Gasteiger partial charge in [0.15, 0.2) is 0 Å². The fourth-order valence-corrected chi connectivity index (χ4v) is 3.19. The van der Waals surface area contributed by atoms with Gasteiger partial charge in [-0.1, -0.05) is 54.6 Å². The summed E-state index contributed by atoms with van der Waals surface area (Å²) in [5.74, 6) is 1.23. The number of para-hydroxylation sites is 2. The van der Waals surface area contributed by atoms with Crippen LogP contribution >= 0.6 is 0 Å². The van der Waals surface area contributed by atoms with E-state index in [0.717, 1.165) is 27.9 Å². The first kappa shape index (κ1) is 17.8. The van der Waals surface area contributed by atoms with Gasteiger partial charge in [0.1, 0.15) is 5.75 Å². The average molecular weight is 371 g/mol. The molecule has 4 rings (SSSR count). The Kier molecular flexibility index (Phi) is 5.06. The number of nitrogens with zero attached hydrogens (tertiary/aromatic N) is 2. The third-order valence-corrected chi connectivity index (χ3v) is 4.61. The Balaban J connectivity index is 1.58. The largest absolute Gasteiger partial charge is 0.497 e. The van der Waals surface area contributed by atoms with Crippen LogP contribution < -0.4 is 10.1 Å². The number of hydrogen-bond acceptors (Lipinski definition) is 3. The highest BCUT2D eigenvalue weighted by Crippen LogP contribution is 2.21. The number of imidazole rings is 1. The van der Waals surface area contributed by atoms with Crippen molar-refractivity contribution in [2.75, 3.05) is 12.4 Å². The molecule has 3 aromatic carbocycles. The van der Waals surface area contributed by atoms with E-state index in [2.05, 4.69) is 22.4 Å². The van der Waals surface area contributed by atoms with Crippen LogP contribution in [0.25, 0.3) is 11.0 Å². The van der Waals surface area contributed by atoms with Crippen LogP contribution in [-0.2, 0) is 17.8 Å². The van der Waals surface area contributed by atoms with Crippen molar-refractivity contribution in [1.82, 2.24) is 9.55 Å². The standard InChI is InChI=1S/C23H21N3O2/c1-28-19-13-11-17(12-14-19)15-22(27)25-23-24-20-9-5-6-10-21(20)26(23)16-18-7-3-2-4-8-18/h2-14H,15-16H2,1H3,(H,24,25,27). The van der Waals surface area contributed by atoms with Gasteiger partial charge in [0.25, 0.3) is 0 Å². The van der Waals surface area contributed by atoms with Crippen molar-refractivity contribution < 1.29 is 9.53 Å². The number of anilines is 1. The first-order valence-electron chi connectivity index (χ1n) is 9.15. The number of rotatable bonds is 6. The van der Waals surface area contributed by atoms with Crippen molar-refractivity contribution in [2.45, 2.75) is 13.0 Å². The Labute approximate surface area is 163 Å². The molecular formula is C23H21N3O2. The van der Waals surface area contributed by atoms with E-state index in [9.17, 15) is 4.79 Å². The zero-order valence-electron chi connectivity index (χ0n) is 15.6. The zero-order chi connectivity index (χ0) is 19.3. The van der Waals surface area contributed by atoms with Crippen LogP contribution in [0.1, 0.15) is 11.1 Å². The zero-order valence-corrected chi connectivity index (χ0v) is 15.6. The topological polar surface area (TPSA) is 56.1 Å². The van der Waals surface area contributed by atoms with Crippen LogP contribution in [0.3, 0.4) is 0 Å². The van der Waals surface area contributed by atoms with Gasteiger partial charge in [0.05, 0.1) is 31.1 Å². The lowest BCUT2D eigenvalue weighted by Gasteiger charge is -2.10. The quantitative estimate of drug-likeness (QED) is 0.551. The summed E-state index contributed by atoms with van der Waals surface area (Å²) in [7, 11) is 1.62. The van der Waals surface area contributed by atoms with E-state index in [-0.39, 0.29) is 12.3 Å². The van der Waals surface area contributed by atoms with Crippen molar-refractivity contribution in [3.8, 4) is 5.75 Å². The molecule has 0 radical (unpaired) electrons. The maximum absolute atomic E-state index is 12.6. The summed E-state index contributed by atoms with van der Waals surface area (Å²) in [4.78, 5) is 17.3. The summed E-state index contributed by atoms with van der Waals surface area (Å²) in [5.41, 5.74) is 3.92. The molecule has 4 aromatic rings. The molecule has 1 N–H and O–H groups in total. The lowest BCUT2D eigenvalue weighted by molar-refractivity contribution is -0.115. The predicted molar refractivity (Wildman–Crippen MR) is 111 cm³/mol. The van der Waals surface area contributed by atoms with Gasteiger partial charge in [-0.05, 0) is 35.4 Å². The monoisotopic (exact) mass is 371 g/mol. The highest BCUT2D eigenvalue weighted by Gasteiger charge is 2.14. The number of nitrogens with one attached hydrogen (secondary N) is 1. The number of hydrogen-bond donors (Lipinski definition) is 1. The summed E-state index contributed by atoms with van der Waals surface area (Å²) in [6.45, 7) is 0.638. The molecule has 5 heteroatoms. The molecule has 140 valence electrons. The second-order valence-corrected chi connectivity index (χ2v) is 6.57. The Hall–Kier alpha value is -3.60. The number of carbonyl (C=O) groups excluding carboxylic acids is 1. The minimum atomic E-state index is -0.102. The molecule has 0 aliphatic rings. The number of carbonyl (C=O) groups is 1. The van der Waals surface area contributed by atoms with Crippen LogP contribution in [0.15, 0.2) is 78.9 Å². The van der Waals surface area contributed by atoms with Gasteiger partial charge in [-0.25, -0.2) is 4.98 Å². The van der Waals surface area contributed by atoms with E-state index in [1.165, 1.54) is 0 Å². The van der Waals surface area contributed by atoms with Crippen LogP contribution in [0.5, 0.6) is 5.75 Å². The average Bonchev–Trinajstić information content (AvgIpc) is 3.06. The van der Waals surface area contributed by atoms with E-state index in [1.54, 1.807) is 7.11 Å². The lowest BCUT2D eigenvalue weighted by Crippen LogP contribution is -2.18. The Morgan fingerprint density at radius 3 is 2.39 bits per heavy atom. The molecule has 1 aromatic heterocycles. The SMILES string of the molecule is COc1ccc(CC(=O)Nc2nc3ccccc3n2Cc2ccccc2)cc1. The number of ether oxygens (including phenoxy) is 1. The van der Waals surface area contributed by atoms with Gasteiger partial charge < -0.3 is 9.30 Å². The van der Waals surface area contributed by atoms with Crippen LogP contribution in [0.2, 0.25) is 0 Å². The fraction of sp³-hybridized carbons (Fsp3) is 0.130. The molecule has 0 aliphatic carbocycles. The number of amides is 1. The smallest absolute Gasteiger partial charge is 0.231 e. The van der Waals surface area contributed by atoms with E-state index in [1.807, 2.05) is 71.3 Å². The van der Waals surface area contributed by atoms with Crippen molar-refractivity contribution in [3.05, 3.63) is 90.0 Å². The third kappa shape index (κ3) is 3.88. The van der Waals surface area contributed by atoms with Gasteiger partial charge >= 0.3 is 0 Å². The molecule has 0 spiro atoms. The van der Waals surface area contributed by atoms with Crippen LogP contribution in [-0.4, -0.2) is 22.6 Å². The molecule has 28 heavy (non-hydrogen) atoms. The van der Waals surface area contributed by atoms with Crippen molar-refractivity contribution in [3.63, 3.8) is 0 Å². The number of fused-ring (bicyclic) bond motifs is 1. The van der Waals surface area contributed by atoms with E-state index in [0.29, 0.717) is 12.5 Å². The van der Waals surface area contributed by atoms with Gasteiger partial charge in [-0.3, -0.25) is 10.1 Å². The Morgan fingerprint density at radius 2 is 1.64 bits per heavy atom. The van der Waals surface area contributed by atoms with Crippen LogP contribution in [0.4, 0.5) is 5.95 Å². The first-order valence-corrected chi connectivity index (χ1v) is 9.15. The Morgan fingerprint density at radius 1 is 0.929 bits per heavy atom. The highest BCUT2D eigenvalue weighted by molar-refractivity contribution is 5.93. The molecule has 0 fully saturated rings. The Bertz CT molecular complexity index is 1090. The number of aromatic nitrogens is 2. The molecule has 0 bridgehead atoms. The second kappa shape index (κ2) is 7.96. The molecule has 0 saturated heterocycles. The van der Waals surface area contributed by atoms with E-state index in [4.69, 9.17) is 4.74 Å². The van der Waals surface area contributed by atoms with Gasteiger partial charge in [-0.15, -0.1) is 0 Å². The maximum Gasteiger partial charge on any atom is 0.231 e. The fourth-order valence-electron chi connectivity index (χ4n) is 3.19. The van der Waals surface area contributed by atoms with Crippen molar-refractivity contribution in [1.29, 1.82) is 0 Å². The summed E-state index contributed by atoms with van der Waals surface area (Å²) < 4.78 is 7.20. The van der Waals surface area contributed by atoms with E-state index < -0.39 is 0 Å². The molecule has 0 atom stereocenters. The molecule has 0 aliphatic heterocycles. The molecule has 0 saturated carbocycles. The van der Waals surface area contributed by atoms with Crippen molar-refractivity contribution in [2.24, 2.45) is 0 Å². The lowest BCUT2D eigenvalue weighted by atomic mass is 10.1. The maximum atomic E-state index is 12.6. The van der Waals surface area contributed by atoms with Crippen LogP contribution in [0, 0.1) is 0 Å². The normalized spacial score (nSPS) is 10.8. The number of methoxy groups -OCH3 is 1.